The number of carboxylic acid groups (broad SMARTS) is 1. The third-order valence-corrected chi connectivity index (χ3v) is 6.01. The largest absolute Gasteiger partial charge is 0.481 e. The van der Waals surface area contributed by atoms with Gasteiger partial charge in [0.1, 0.15) is 0 Å². The molecular formula is C21H20ClNO3. The minimum absolute atomic E-state index is 0.0472. The zero-order valence-corrected chi connectivity index (χ0v) is 15.0. The van der Waals surface area contributed by atoms with E-state index in [4.69, 9.17) is 11.6 Å². The van der Waals surface area contributed by atoms with Gasteiger partial charge >= 0.3 is 5.97 Å². The maximum absolute atomic E-state index is 12.9. The molecule has 2 aromatic rings. The SMILES string of the molecule is O=C(O)C[C@H](NC(=O)C1CC12CCc1ccccc12)c1ccc(Cl)cc1. The number of carboxylic acids is 1. The number of amides is 1. The van der Waals surface area contributed by atoms with Gasteiger partial charge in [0.05, 0.1) is 12.5 Å². The van der Waals surface area contributed by atoms with Crippen LogP contribution in [0.4, 0.5) is 0 Å². The Bertz CT molecular complexity index is 864. The number of rotatable bonds is 5. The number of fused-ring (bicyclic) bond motifs is 2. The zero-order chi connectivity index (χ0) is 18.3. The van der Waals surface area contributed by atoms with E-state index in [9.17, 15) is 14.7 Å². The van der Waals surface area contributed by atoms with Gasteiger partial charge in [-0.05, 0) is 48.1 Å². The summed E-state index contributed by atoms with van der Waals surface area (Å²) in [4.78, 5) is 24.1. The van der Waals surface area contributed by atoms with E-state index in [0.717, 1.165) is 24.8 Å². The third kappa shape index (κ3) is 2.99. The van der Waals surface area contributed by atoms with Gasteiger partial charge in [-0.25, -0.2) is 0 Å². The molecule has 1 fully saturated rings. The molecule has 1 amide bonds. The second-order valence-electron chi connectivity index (χ2n) is 7.28. The molecule has 0 bridgehead atoms. The van der Waals surface area contributed by atoms with Crippen molar-refractivity contribution in [1.29, 1.82) is 0 Å². The highest BCUT2D eigenvalue weighted by Crippen LogP contribution is 2.61. The Morgan fingerprint density at radius 1 is 1.19 bits per heavy atom. The minimum atomic E-state index is -0.943. The Morgan fingerprint density at radius 2 is 1.92 bits per heavy atom. The van der Waals surface area contributed by atoms with Crippen molar-refractivity contribution >= 4 is 23.5 Å². The lowest BCUT2D eigenvalue weighted by Gasteiger charge is -2.19. The third-order valence-electron chi connectivity index (χ3n) is 5.75. The Balaban J connectivity index is 1.51. The molecule has 1 saturated carbocycles. The summed E-state index contributed by atoms with van der Waals surface area (Å²) in [5.74, 6) is -1.07. The monoisotopic (exact) mass is 369 g/mol. The van der Waals surface area contributed by atoms with E-state index in [1.54, 1.807) is 24.3 Å². The van der Waals surface area contributed by atoms with Gasteiger partial charge in [0.2, 0.25) is 5.91 Å². The van der Waals surface area contributed by atoms with Crippen molar-refractivity contribution < 1.29 is 14.7 Å². The van der Waals surface area contributed by atoms with Gasteiger partial charge in [-0.2, -0.15) is 0 Å². The maximum Gasteiger partial charge on any atom is 0.305 e. The van der Waals surface area contributed by atoms with Crippen LogP contribution in [0.2, 0.25) is 5.02 Å². The van der Waals surface area contributed by atoms with Crippen molar-refractivity contribution in [3.63, 3.8) is 0 Å². The highest BCUT2D eigenvalue weighted by Gasteiger charge is 2.61. The molecule has 2 aliphatic carbocycles. The second-order valence-corrected chi connectivity index (χ2v) is 7.72. The van der Waals surface area contributed by atoms with E-state index < -0.39 is 12.0 Å². The van der Waals surface area contributed by atoms with E-state index in [1.807, 2.05) is 12.1 Å². The average molecular weight is 370 g/mol. The van der Waals surface area contributed by atoms with Crippen LogP contribution in [-0.2, 0) is 21.4 Å². The van der Waals surface area contributed by atoms with Crippen LogP contribution in [0.25, 0.3) is 0 Å². The lowest BCUT2D eigenvalue weighted by Crippen LogP contribution is -2.33. The number of aliphatic carboxylic acids is 1. The average Bonchev–Trinajstić information content (AvgIpc) is 3.24. The van der Waals surface area contributed by atoms with Crippen LogP contribution >= 0.6 is 11.6 Å². The van der Waals surface area contributed by atoms with E-state index in [2.05, 4.69) is 17.4 Å². The van der Waals surface area contributed by atoms with Gasteiger partial charge in [-0.3, -0.25) is 9.59 Å². The van der Waals surface area contributed by atoms with E-state index in [0.29, 0.717) is 5.02 Å². The van der Waals surface area contributed by atoms with Crippen LogP contribution in [0.15, 0.2) is 48.5 Å². The van der Waals surface area contributed by atoms with Crippen molar-refractivity contribution in [3.8, 4) is 0 Å². The first-order valence-corrected chi connectivity index (χ1v) is 9.23. The smallest absolute Gasteiger partial charge is 0.305 e. The molecule has 0 aliphatic heterocycles. The number of hydrogen-bond acceptors (Lipinski definition) is 2. The summed E-state index contributed by atoms with van der Waals surface area (Å²) in [6, 6.07) is 14.7. The standard InChI is InChI=1S/C21H20ClNO3/c22-15-7-5-14(6-8-15)18(11-19(24)25)23-20(26)17-12-21(17)10-9-13-3-1-2-4-16(13)21/h1-8,17-18H,9-12H2,(H,23,26)(H,24,25)/t17?,18-,21?/m0/s1. The summed E-state index contributed by atoms with van der Waals surface area (Å²) in [6.07, 6.45) is 2.70. The number of carbonyl (C=O) groups excluding carboxylic acids is 1. The number of halogens is 1. The minimum Gasteiger partial charge on any atom is -0.481 e. The predicted octanol–water partition coefficient (Wildman–Crippen LogP) is 3.88. The van der Waals surface area contributed by atoms with Crippen molar-refractivity contribution in [1.82, 2.24) is 5.32 Å². The molecule has 4 nitrogen and oxygen atoms in total. The van der Waals surface area contributed by atoms with E-state index in [-0.39, 0.29) is 23.7 Å². The fourth-order valence-electron chi connectivity index (χ4n) is 4.33. The van der Waals surface area contributed by atoms with Gasteiger partial charge in [0, 0.05) is 16.4 Å². The summed E-state index contributed by atoms with van der Waals surface area (Å²) >= 11 is 5.91. The Kier molecular flexibility index (Phi) is 4.23. The molecule has 2 aromatic carbocycles. The number of benzene rings is 2. The maximum atomic E-state index is 12.9. The van der Waals surface area contributed by atoms with Gasteiger partial charge in [-0.15, -0.1) is 0 Å². The molecular weight excluding hydrogens is 350 g/mol. The second kappa shape index (κ2) is 6.44. The van der Waals surface area contributed by atoms with Crippen molar-refractivity contribution in [2.24, 2.45) is 5.92 Å². The highest BCUT2D eigenvalue weighted by atomic mass is 35.5. The Hall–Kier alpha value is -2.33. The molecule has 1 spiro atoms. The highest BCUT2D eigenvalue weighted by molar-refractivity contribution is 6.30. The van der Waals surface area contributed by atoms with Crippen molar-refractivity contribution in [2.45, 2.75) is 37.1 Å². The van der Waals surface area contributed by atoms with Crippen LogP contribution in [0.3, 0.4) is 0 Å². The van der Waals surface area contributed by atoms with Crippen molar-refractivity contribution in [2.75, 3.05) is 0 Å². The summed E-state index contributed by atoms with van der Waals surface area (Å²) in [7, 11) is 0. The molecule has 2 N–H and O–H groups in total. The molecule has 0 radical (unpaired) electrons. The quantitative estimate of drug-likeness (QED) is 0.840. The molecule has 0 saturated heterocycles. The first-order chi connectivity index (χ1) is 12.5. The molecule has 26 heavy (non-hydrogen) atoms. The first-order valence-electron chi connectivity index (χ1n) is 8.85. The van der Waals surface area contributed by atoms with Gasteiger partial charge < -0.3 is 10.4 Å². The number of carbonyl (C=O) groups is 2. The predicted molar refractivity (Wildman–Crippen MR) is 99.1 cm³/mol. The molecule has 0 aromatic heterocycles. The Labute approximate surface area is 157 Å². The lowest BCUT2D eigenvalue weighted by atomic mass is 9.95. The van der Waals surface area contributed by atoms with E-state index >= 15 is 0 Å². The normalized spacial score (nSPS) is 24.1. The molecule has 4 rings (SSSR count). The number of nitrogens with one attached hydrogen (secondary N) is 1. The van der Waals surface area contributed by atoms with Gasteiger partial charge in [0.15, 0.2) is 0 Å². The zero-order valence-electron chi connectivity index (χ0n) is 14.2. The van der Waals surface area contributed by atoms with Crippen LogP contribution in [-0.4, -0.2) is 17.0 Å². The molecule has 3 atom stereocenters. The summed E-state index contributed by atoms with van der Waals surface area (Å²) in [5, 5.41) is 12.8. The van der Waals surface area contributed by atoms with Gasteiger partial charge in [-0.1, -0.05) is 48.0 Å². The molecule has 5 heteroatoms. The van der Waals surface area contributed by atoms with Crippen LogP contribution < -0.4 is 5.32 Å². The first kappa shape index (κ1) is 17.1. The fourth-order valence-corrected chi connectivity index (χ4v) is 4.46. The molecule has 0 heterocycles. The molecule has 134 valence electrons. The Morgan fingerprint density at radius 3 is 2.65 bits per heavy atom. The molecule has 2 unspecified atom stereocenters. The van der Waals surface area contributed by atoms with Crippen LogP contribution in [0.1, 0.15) is 42.0 Å². The van der Waals surface area contributed by atoms with Crippen LogP contribution in [0, 0.1) is 5.92 Å². The van der Waals surface area contributed by atoms with Crippen LogP contribution in [0.5, 0.6) is 0 Å². The summed E-state index contributed by atoms with van der Waals surface area (Å²) in [6.45, 7) is 0. The lowest BCUT2D eigenvalue weighted by molar-refractivity contribution is -0.137. The topological polar surface area (TPSA) is 66.4 Å². The molecule has 2 aliphatic rings. The van der Waals surface area contributed by atoms with Crippen molar-refractivity contribution in [3.05, 3.63) is 70.2 Å². The number of hydrogen-bond donors (Lipinski definition) is 2. The van der Waals surface area contributed by atoms with E-state index in [1.165, 1.54) is 11.1 Å². The van der Waals surface area contributed by atoms with Gasteiger partial charge in [0.25, 0.3) is 0 Å². The fraction of sp³-hybridized carbons (Fsp3) is 0.333. The summed E-state index contributed by atoms with van der Waals surface area (Å²) in [5.41, 5.74) is 3.34. The summed E-state index contributed by atoms with van der Waals surface area (Å²) < 4.78 is 0. The number of aryl methyl sites for hydroxylation is 1.